The molecule has 20 heavy (non-hydrogen) atoms. The average molecular weight is 329 g/mol. The van der Waals surface area contributed by atoms with E-state index in [-0.39, 0.29) is 5.41 Å². The first-order valence-corrected chi connectivity index (χ1v) is 7.26. The van der Waals surface area contributed by atoms with Crippen molar-refractivity contribution in [1.82, 2.24) is 0 Å². The van der Waals surface area contributed by atoms with Crippen LogP contribution in [0.4, 0.5) is 11.4 Å². The molecule has 3 heteroatoms. The highest BCUT2D eigenvalue weighted by Gasteiger charge is 2.17. The Bertz CT molecular complexity index is 663. The molecule has 0 saturated heterocycles. The summed E-state index contributed by atoms with van der Waals surface area (Å²) in [6.07, 6.45) is 0. The minimum atomic E-state index is 0.0632. The van der Waals surface area contributed by atoms with Crippen LogP contribution in [-0.4, -0.2) is 0 Å². The lowest BCUT2D eigenvalue weighted by Gasteiger charge is -2.23. The Balaban J connectivity index is 2.41. The second kappa shape index (κ2) is 5.68. The van der Waals surface area contributed by atoms with Crippen molar-refractivity contribution < 1.29 is 0 Å². The largest absolute Gasteiger partial charge is 0.355 e. The summed E-state index contributed by atoms with van der Waals surface area (Å²) in [6, 6.07) is 16.1. The van der Waals surface area contributed by atoms with Crippen LogP contribution in [0, 0.1) is 11.3 Å². The maximum absolute atomic E-state index is 9.04. The number of nitrogens with one attached hydrogen (secondary N) is 1. The van der Waals surface area contributed by atoms with E-state index in [4.69, 9.17) is 5.26 Å². The van der Waals surface area contributed by atoms with Gasteiger partial charge in [-0.05, 0) is 35.2 Å². The fourth-order valence-electron chi connectivity index (χ4n) is 2.13. The molecule has 2 nitrogen and oxygen atoms in total. The summed E-state index contributed by atoms with van der Waals surface area (Å²) < 4.78 is 0.896. The molecule has 0 bridgehead atoms. The molecule has 0 spiro atoms. The molecule has 0 fully saturated rings. The number of para-hydroxylation sites is 1. The van der Waals surface area contributed by atoms with Crippen molar-refractivity contribution in [2.45, 2.75) is 26.2 Å². The fraction of sp³-hybridized carbons (Fsp3) is 0.235. The van der Waals surface area contributed by atoms with Gasteiger partial charge in [-0.1, -0.05) is 54.9 Å². The number of hydrogen-bond acceptors (Lipinski definition) is 2. The predicted octanol–water partition coefficient (Wildman–Crippen LogP) is 5.36. The predicted molar refractivity (Wildman–Crippen MR) is 87.3 cm³/mol. The van der Waals surface area contributed by atoms with Crippen LogP contribution in [0.2, 0.25) is 0 Å². The molecule has 2 aromatic rings. The van der Waals surface area contributed by atoms with E-state index in [1.54, 1.807) is 6.07 Å². The number of hydrogen-bond donors (Lipinski definition) is 1. The van der Waals surface area contributed by atoms with E-state index in [0.29, 0.717) is 5.56 Å². The zero-order valence-corrected chi connectivity index (χ0v) is 13.5. The van der Waals surface area contributed by atoms with Crippen molar-refractivity contribution in [1.29, 1.82) is 5.26 Å². The number of halogens is 1. The third-order valence-electron chi connectivity index (χ3n) is 3.04. The van der Waals surface area contributed by atoms with Crippen LogP contribution in [-0.2, 0) is 5.41 Å². The van der Waals surface area contributed by atoms with Crippen LogP contribution in [0.25, 0.3) is 0 Å². The molecule has 0 heterocycles. The van der Waals surface area contributed by atoms with E-state index < -0.39 is 0 Å². The van der Waals surface area contributed by atoms with Crippen molar-refractivity contribution in [2.75, 3.05) is 5.32 Å². The van der Waals surface area contributed by atoms with E-state index in [2.05, 4.69) is 60.2 Å². The summed E-state index contributed by atoms with van der Waals surface area (Å²) >= 11 is 3.43. The Kier molecular flexibility index (Phi) is 4.15. The monoisotopic (exact) mass is 328 g/mol. The maximum atomic E-state index is 9.04. The maximum Gasteiger partial charge on any atom is 0.0992 e. The molecule has 0 aliphatic rings. The van der Waals surface area contributed by atoms with E-state index in [0.717, 1.165) is 15.8 Å². The molecule has 2 rings (SSSR count). The Morgan fingerprint density at radius 3 is 2.45 bits per heavy atom. The second-order valence-electron chi connectivity index (χ2n) is 5.76. The summed E-state index contributed by atoms with van der Waals surface area (Å²) in [5.41, 5.74) is 3.93. The van der Waals surface area contributed by atoms with E-state index in [1.807, 2.05) is 24.3 Å². The number of benzene rings is 2. The number of rotatable bonds is 2. The minimum Gasteiger partial charge on any atom is -0.355 e. The first-order valence-electron chi connectivity index (χ1n) is 6.47. The molecule has 2 aromatic carbocycles. The zero-order valence-electron chi connectivity index (χ0n) is 11.9. The summed E-state index contributed by atoms with van der Waals surface area (Å²) in [6.45, 7) is 6.57. The third kappa shape index (κ3) is 3.40. The van der Waals surface area contributed by atoms with Crippen LogP contribution in [0.5, 0.6) is 0 Å². The molecule has 0 radical (unpaired) electrons. The lowest BCUT2D eigenvalue weighted by molar-refractivity contribution is 0.592. The molecule has 102 valence electrons. The van der Waals surface area contributed by atoms with Gasteiger partial charge in [-0.15, -0.1) is 0 Å². The van der Waals surface area contributed by atoms with Gasteiger partial charge in [0.2, 0.25) is 0 Å². The second-order valence-corrected chi connectivity index (χ2v) is 6.68. The van der Waals surface area contributed by atoms with E-state index in [9.17, 15) is 0 Å². The summed E-state index contributed by atoms with van der Waals surface area (Å²) in [5, 5.41) is 12.5. The van der Waals surface area contributed by atoms with Crippen molar-refractivity contribution in [3.63, 3.8) is 0 Å². The number of anilines is 2. The standard InChI is InChI=1S/C17H17BrN2/c1-17(2,3)15-6-4-5-7-16(15)20-14-9-12(11-19)8-13(18)10-14/h4-10,20H,1-3H3. The van der Waals surface area contributed by atoms with Crippen LogP contribution in [0.15, 0.2) is 46.9 Å². The van der Waals surface area contributed by atoms with Gasteiger partial charge in [-0.2, -0.15) is 5.26 Å². The lowest BCUT2D eigenvalue weighted by atomic mass is 9.86. The highest BCUT2D eigenvalue weighted by Crippen LogP contribution is 2.32. The molecule has 0 aromatic heterocycles. The summed E-state index contributed by atoms with van der Waals surface area (Å²) in [4.78, 5) is 0. The smallest absolute Gasteiger partial charge is 0.0992 e. The highest BCUT2D eigenvalue weighted by atomic mass is 79.9. The van der Waals surface area contributed by atoms with E-state index >= 15 is 0 Å². The van der Waals surface area contributed by atoms with Crippen LogP contribution >= 0.6 is 15.9 Å². The third-order valence-corrected chi connectivity index (χ3v) is 3.50. The van der Waals surface area contributed by atoms with Gasteiger partial charge >= 0.3 is 0 Å². The van der Waals surface area contributed by atoms with Crippen LogP contribution in [0.1, 0.15) is 31.9 Å². The van der Waals surface area contributed by atoms with Crippen molar-refractivity contribution >= 4 is 27.3 Å². The average Bonchev–Trinajstić information content (AvgIpc) is 2.37. The van der Waals surface area contributed by atoms with Crippen molar-refractivity contribution in [2.24, 2.45) is 0 Å². The molecule has 1 N–H and O–H groups in total. The SMILES string of the molecule is CC(C)(C)c1ccccc1Nc1cc(Br)cc(C#N)c1. The van der Waals surface area contributed by atoms with Crippen molar-refractivity contribution in [3.8, 4) is 6.07 Å². The molecular formula is C17H17BrN2. The first-order chi connectivity index (χ1) is 9.40. The van der Waals surface area contributed by atoms with E-state index in [1.165, 1.54) is 5.56 Å². The fourth-order valence-corrected chi connectivity index (χ4v) is 2.62. The lowest BCUT2D eigenvalue weighted by Crippen LogP contribution is -2.13. The normalized spacial score (nSPS) is 10.9. The molecule has 0 aliphatic carbocycles. The molecule has 0 aliphatic heterocycles. The van der Waals surface area contributed by atoms with Crippen LogP contribution in [0.3, 0.4) is 0 Å². The highest BCUT2D eigenvalue weighted by molar-refractivity contribution is 9.10. The van der Waals surface area contributed by atoms with Gasteiger partial charge in [0.15, 0.2) is 0 Å². The first kappa shape index (κ1) is 14.6. The van der Waals surface area contributed by atoms with Gasteiger partial charge in [0.25, 0.3) is 0 Å². The Labute approximate surface area is 128 Å². The van der Waals surface area contributed by atoms with Crippen LogP contribution < -0.4 is 5.32 Å². The van der Waals surface area contributed by atoms with Gasteiger partial charge in [-0.3, -0.25) is 0 Å². The molecular weight excluding hydrogens is 312 g/mol. The summed E-state index contributed by atoms with van der Waals surface area (Å²) in [5.74, 6) is 0. The Morgan fingerprint density at radius 1 is 1.10 bits per heavy atom. The number of nitriles is 1. The molecule has 0 unspecified atom stereocenters. The van der Waals surface area contributed by atoms with Gasteiger partial charge in [0.1, 0.15) is 0 Å². The Morgan fingerprint density at radius 2 is 1.80 bits per heavy atom. The van der Waals surface area contributed by atoms with Crippen molar-refractivity contribution in [3.05, 3.63) is 58.1 Å². The van der Waals surface area contributed by atoms with Gasteiger partial charge in [0, 0.05) is 15.8 Å². The van der Waals surface area contributed by atoms with Gasteiger partial charge in [0.05, 0.1) is 11.6 Å². The van der Waals surface area contributed by atoms with Gasteiger partial charge < -0.3 is 5.32 Å². The molecule has 0 saturated carbocycles. The molecule has 0 amide bonds. The quantitative estimate of drug-likeness (QED) is 0.805. The summed E-state index contributed by atoms with van der Waals surface area (Å²) in [7, 11) is 0. The van der Waals surface area contributed by atoms with Gasteiger partial charge in [-0.25, -0.2) is 0 Å². The Hall–Kier alpha value is -1.79. The zero-order chi connectivity index (χ0) is 14.8. The topological polar surface area (TPSA) is 35.8 Å². The molecule has 0 atom stereocenters. The number of nitrogens with zero attached hydrogens (tertiary/aromatic N) is 1. The minimum absolute atomic E-state index is 0.0632.